The van der Waals surface area contributed by atoms with Crippen LogP contribution < -0.4 is 9.80 Å². The summed E-state index contributed by atoms with van der Waals surface area (Å²) < 4.78 is 0. The molecule has 0 spiro atoms. The molecule has 0 fully saturated rings. The van der Waals surface area contributed by atoms with Gasteiger partial charge in [-0.3, -0.25) is 9.59 Å². The first kappa shape index (κ1) is 18.2. The topological polar surface area (TPSA) is 64.4 Å². The van der Waals surface area contributed by atoms with Crippen LogP contribution in [0.5, 0.6) is 0 Å². The fourth-order valence-corrected chi connectivity index (χ4v) is 2.64. The number of carbonyl (C=O) groups is 2. The van der Waals surface area contributed by atoms with E-state index in [9.17, 15) is 9.59 Å². The monoisotopic (exact) mass is 335 g/mol. The van der Waals surface area contributed by atoms with E-state index in [-0.39, 0.29) is 18.2 Å². The summed E-state index contributed by atoms with van der Waals surface area (Å²) in [6.07, 6.45) is 0.225. The van der Waals surface area contributed by atoms with E-state index in [0.717, 1.165) is 5.69 Å². The Kier molecular flexibility index (Phi) is 6.30. The van der Waals surface area contributed by atoms with Crippen molar-refractivity contribution in [3.8, 4) is 6.07 Å². The van der Waals surface area contributed by atoms with E-state index in [2.05, 4.69) is 0 Å². The second-order valence-corrected chi connectivity index (χ2v) is 5.55. The molecule has 2 aromatic carbocycles. The van der Waals surface area contributed by atoms with Crippen LogP contribution >= 0.6 is 0 Å². The Labute approximate surface area is 148 Å². The van der Waals surface area contributed by atoms with Gasteiger partial charge < -0.3 is 9.80 Å². The van der Waals surface area contributed by atoms with Crippen molar-refractivity contribution >= 4 is 23.2 Å². The number of para-hydroxylation sites is 1. The molecule has 25 heavy (non-hydrogen) atoms. The highest BCUT2D eigenvalue weighted by Gasteiger charge is 2.17. The van der Waals surface area contributed by atoms with Gasteiger partial charge in [0.05, 0.1) is 11.6 Å². The van der Waals surface area contributed by atoms with E-state index in [1.54, 1.807) is 34.1 Å². The van der Waals surface area contributed by atoms with E-state index >= 15 is 0 Å². The highest BCUT2D eigenvalue weighted by Crippen LogP contribution is 2.18. The molecule has 128 valence electrons. The number of hydrogen-bond acceptors (Lipinski definition) is 3. The minimum absolute atomic E-state index is 0.0337. The molecule has 0 saturated carbocycles. The molecule has 0 aliphatic carbocycles. The molecule has 0 N–H and O–H groups in total. The normalized spacial score (nSPS) is 9.96. The molecule has 0 unspecified atom stereocenters. The Morgan fingerprint density at radius 2 is 1.56 bits per heavy atom. The highest BCUT2D eigenvalue weighted by molar-refractivity contribution is 5.96. The molecule has 5 nitrogen and oxygen atoms in total. The predicted molar refractivity (Wildman–Crippen MR) is 98.3 cm³/mol. The second kappa shape index (κ2) is 8.65. The van der Waals surface area contributed by atoms with Crippen molar-refractivity contribution in [2.75, 3.05) is 22.9 Å². The summed E-state index contributed by atoms with van der Waals surface area (Å²) in [4.78, 5) is 27.8. The lowest BCUT2D eigenvalue weighted by molar-refractivity contribution is -0.118. The zero-order chi connectivity index (χ0) is 18.2. The van der Waals surface area contributed by atoms with Crippen molar-refractivity contribution in [3.63, 3.8) is 0 Å². The molecular formula is C20H21N3O2. The van der Waals surface area contributed by atoms with Gasteiger partial charge in [-0.1, -0.05) is 18.2 Å². The summed E-state index contributed by atoms with van der Waals surface area (Å²) >= 11 is 0. The summed E-state index contributed by atoms with van der Waals surface area (Å²) in [7, 11) is 0. The van der Waals surface area contributed by atoms with Crippen LogP contribution in [0.1, 0.15) is 25.8 Å². The molecule has 0 aliphatic heterocycles. The molecule has 0 bridgehead atoms. The first-order chi connectivity index (χ1) is 12.1. The Bertz CT molecular complexity index is 764. The number of nitrogens with zero attached hydrogens (tertiary/aromatic N) is 3. The Hall–Kier alpha value is -3.13. The number of hydrogen-bond donors (Lipinski definition) is 0. The van der Waals surface area contributed by atoms with Crippen LogP contribution in [0.3, 0.4) is 0 Å². The molecule has 2 aromatic rings. The van der Waals surface area contributed by atoms with Gasteiger partial charge in [-0.25, -0.2) is 0 Å². The maximum absolute atomic E-state index is 12.6. The predicted octanol–water partition coefficient (Wildman–Crippen LogP) is 3.35. The molecule has 5 heteroatoms. The van der Waals surface area contributed by atoms with Crippen LogP contribution in [0.25, 0.3) is 0 Å². The average molecular weight is 335 g/mol. The van der Waals surface area contributed by atoms with E-state index in [4.69, 9.17) is 5.26 Å². The van der Waals surface area contributed by atoms with Gasteiger partial charge in [0, 0.05) is 37.8 Å². The van der Waals surface area contributed by atoms with E-state index < -0.39 is 0 Å². The zero-order valence-corrected chi connectivity index (χ0v) is 14.5. The van der Waals surface area contributed by atoms with Gasteiger partial charge in [0.2, 0.25) is 11.8 Å². The summed E-state index contributed by atoms with van der Waals surface area (Å²) in [6.45, 7) is 4.26. The largest absolute Gasteiger partial charge is 0.313 e. The molecule has 2 rings (SSSR count). The van der Waals surface area contributed by atoms with Crippen molar-refractivity contribution in [2.24, 2.45) is 0 Å². The Morgan fingerprint density at radius 3 is 2.08 bits per heavy atom. The van der Waals surface area contributed by atoms with Crippen LogP contribution in [0.4, 0.5) is 11.4 Å². The second-order valence-electron chi connectivity index (χ2n) is 5.55. The number of amides is 2. The SMILES string of the molecule is CCN(C(=O)CCN(C(C)=O)c1ccc(C#N)cc1)c1ccccc1. The quantitative estimate of drug-likeness (QED) is 0.813. The van der Waals surface area contributed by atoms with E-state index in [1.807, 2.05) is 43.3 Å². The maximum atomic E-state index is 12.6. The molecule has 0 heterocycles. The lowest BCUT2D eigenvalue weighted by Gasteiger charge is -2.24. The number of benzene rings is 2. The first-order valence-corrected chi connectivity index (χ1v) is 8.20. The van der Waals surface area contributed by atoms with Gasteiger partial charge in [-0.05, 0) is 43.3 Å². The summed E-state index contributed by atoms with van der Waals surface area (Å²) in [5.74, 6) is -0.172. The molecule has 0 aliphatic rings. The number of anilines is 2. The molecule has 0 saturated heterocycles. The minimum atomic E-state index is -0.139. The number of rotatable bonds is 6. The van der Waals surface area contributed by atoms with E-state index in [1.165, 1.54) is 6.92 Å². The third kappa shape index (κ3) is 4.67. The molecule has 0 atom stereocenters. The van der Waals surface area contributed by atoms with Crippen LogP contribution in [0.2, 0.25) is 0 Å². The standard InChI is InChI=1S/C20H21N3O2/c1-3-22(18-7-5-4-6-8-18)20(25)13-14-23(16(2)24)19-11-9-17(15-21)10-12-19/h4-12H,3,13-14H2,1-2H3. The first-order valence-electron chi connectivity index (χ1n) is 8.20. The fourth-order valence-electron chi connectivity index (χ4n) is 2.64. The van der Waals surface area contributed by atoms with Gasteiger partial charge in [0.1, 0.15) is 0 Å². The average Bonchev–Trinajstić information content (AvgIpc) is 2.63. The van der Waals surface area contributed by atoms with Crippen molar-refractivity contribution in [3.05, 3.63) is 60.2 Å². The van der Waals surface area contributed by atoms with Gasteiger partial charge in [0.15, 0.2) is 0 Å². The van der Waals surface area contributed by atoms with Crippen LogP contribution in [0, 0.1) is 11.3 Å². The molecular weight excluding hydrogens is 314 g/mol. The van der Waals surface area contributed by atoms with Crippen LogP contribution in [-0.4, -0.2) is 24.9 Å². The van der Waals surface area contributed by atoms with Crippen LogP contribution in [-0.2, 0) is 9.59 Å². The van der Waals surface area contributed by atoms with Gasteiger partial charge >= 0.3 is 0 Å². The Balaban J connectivity index is 2.08. The van der Waals surface area contributed by atoms with Crippen molar-refractivity contribution < 1.29 is 9.59 Å². The highest BCUT2D eigenvalue weighted by atomic mass is 16.2. The minimum Gasteiger partial charge on any atom is -0.313 e. The third-order valence-electron chi connectivity index (χ3n) is 3.92. The summed E-state index contributed by atoms with van der Waals surface area (Å²) in [5, 5.41) is 8.87. The number of carbonyl (C=O) groups excluding carboxylic acids is 2. The smallest absolute Gasteiger partial charge is 0.228 e. The van der Waals surface area contributed by atoms with E-state index in [0.29, 0.717) is 24.3 Å². The molecule has 2 amide bonds. The summed E-state index contributed by atoms with van der Waals surface area (Å²) in [6, 6.07) is 18.3. The third-order valence-corrected chi connectivity index (χ3v) is 3.92. The van der Waals surface area contributed by atoms with Crippen molar-refractivity contribution in [1.82, 2.24) is 0 Å². The Morgan fingerprint density at radius 1 is 0.960 bits per heavy atom. The summed E-state index contributed by atoms with van der Waals surface area (Å²) in [5.41, 5.74) is 2.06. The maximum Gasteiger partial charge on any atom is 0.228 e. The van der Waals surface area contributed by atoms with Gasteiger partial charge in [-0.15, -0.1) is 0 Å². The van der Waals surface area contributed by atoms with Crippen molar-refractivity contribution in [2.45, 2.75) is 20.3 Å². The molecule has 0 radical (unpaired) electrons. The van der Waals surface area contributed by atoms with Crippen molar-refractivity contribution in [1.29, 1.82) is 5.26 Å². The van der Waals surface area contributed by atoms with Crippen LogP contribution in [0.15, 0.2) is 54.6 Å². The lowest BCUT2D eigenvalue weighted by Crippen LogP contribution is -2.36. The lowest BCUT2D eigenvalue weighted by atomic mass is 10.2. The van der Waals surface area contributed by atoms with Gasteiger partial charge in [0.25, 0.3) is 0 Å². The number of nitriles is 1. The molecule has 0 aromatic heterocycles. The zero-order valence-electron chi connectivity index (χ0n) is 14.5. The fraction of sp³-hybridized carbons (Fsp3) is 0.250. The van der Waals surface area contributed by atoms with Gasteiger partial charge in [-0.2, -0.15) is 5.26 Å².